The van der Waals surface area contributed by atoms with Crippen LogP contribution in [0.4, 0.5) is 5.69 Å². The molecule has 0 aliphatic carbocycles. The van der Waals surface area contributed by atoms with Gasteiger partial charge in [-0.15, -0.1) is 0 Å². The van der Waals surface area contributed by atoms with Crippen molar-refractivity contribution >= 4 is 26.6 Å². The molecule has 6 heteroatoms. The molecular formula is C17H14N2O3S. The molecule has 1 aliphatic heterocycles. The first-order chi connectivity index (χ1) is 11.1. The van der Waals surface area contributed by atoms with Gasteiger partial charge in [-0.2, -0.15) is 0 Å². The van der Waals surface area contributed by atoms with E-state index >= 15 is 0 Å². The number of anilines is 1. The van der Waals surface area contributed by atoms with Crippen LogP contribution in [0, 0.1) is 0 Å². The van der Waals surface area contributed by atoms with Gasteiger partial charge in [-0.25, -0.2) is 8.42 Å². The van der Waals surface area contributed by atoms with Gasteiger partial charge in [-0.3, -0.25) is 9.71 Å². The van der Waals surface area contributed by atoms with Crippen molar-refractivity contribution in [1.29, 1.82) is 0 Å². The lowest BCUT2D eigenvalue weighted by Crippen LogP contribution is -2.13. The molecule has 0 amide bonds. The summed E-state index contributed by atoms with van der Waals surface area (Å²) in [5.74, 6) is 0.760. The van der Waals surface area contributed by atoms with Crippen LogP contribution in [0.3, 0.4) is 0 Å². The maximum Gasteiger partial charge on any atom is 0.261 e. The zero-order valence-corrected chi connectivity index (χ0v) is 13.0. The molecule has 4 rings (SSSR count). The summed E-state index contributed by atoms with van der Waals surface area (Å²) in [4.78, 5) is 4.50. The van der Waals surface area contributed by atoms with Crippen LogP contribution < -0.4 is 9.46 Å². The van der Waals surface area contributed by atoms with Gasteiger partial charge in [0.2, 0.25) is 0 Å². The van der Waals surface area contributed by atoms with Gasteiger partial charge in [0, 0.05) is 18.0 Å². The van der Waals surface area contributed by atoms with Gasteiger partial charge in [-0.05, 0) is 35.9 Å². The van der Waals surface area contributed by atoms with E-state index in [2.05, 4.69) is 9.71 Å². The Morgan fingerprint density at radius 1 is 1.09 bits per heavy atom. The van der Waals surface area contributed by atoms with Crippen LogP contribution in [0.1, 0.15) is 5.56 Å². The molecule has 1 aromatic heterocycles. The maximum atomic E-state index is 12.7. The quantitative estimate of drug-likeness (QED) is 0.803. The van der Waals surface area contributed by atoms with E-state index in [9.17, 15) is 8.42 Å². The van der Waals surface area contributed by atoms with Crippen molar-refractivity contribution in [2.45, 2.75) is 11.3 Å². The number of pyridine rings is 1. The third kappa shape index (κ3) is 2.51. The second kappa shape index (κ2) is 5.24. The van der Waals surface area contributed by atoms with Crippen molar-refractivity contribution < 1.29 is 13.2 Å². The SMILES string of the molecule is O=S(=O)(Nc1cccc2cccnc12)c1ccc2c(c1)CCO2. The Kier molecular flexibility index (Phi) is 3.20. The van der Waals surface area contributed by atoms with Gasteiger partial charge in [0.15, 0.2) is 0 Å². The average Bonchev–Trinajstić information content (AvgIpc) is 3.02. The Hall–Kier alpha value is -2.60. The molecule has 3 aromatic rings. The molecule has 1 aliphatic rings. The lowest BCUT2D eigenvalue weighted by atomic mass is 10.2. The maximum absolute atomic E-state index is 12.7. The van der Waals surface area contributed by atoms with E-state index in [-0.39, 0.29) is 4.90 Å². The number of para-hydroxylation sites is 1. The normalized spacial score (nSPS) is 13.6. The molecule has 2 heterocycles. The zero-order chi connectivity index (χ0) is 15.9. The molecule has 0 fully saturated rings. The smallest absolute Gasteiger partial charge is 0.261 e. The van der Waals surface area contributed by atoms with Gasteiger partial charge in [-0.1, -0.05) is 18.2 Å². The number of ether oxygens (including phenoxy) is 1. The van der Waals surface area contributed by atoms with Crippen molar-refractivity contribution in [3.8, 4) is 5.75 Å². The minimum absolute atomic E-state index is 0.231. The third-order valence-electron chi connectivity index (χ3n) is 3.85. The highest BCUT2D eigenvalue weighted by Crippen LogP contribution is 2.29. The third-order valence-corrected chi connectivity index (χ3v) is 5.21. The number of hydrogen-bond donors (Lipinski definition) is 1. The first-order valence-corrected chi connectivity index (χ1v) is 8.74. The molecular weight excluding hydrogens is 312 g/mol. The number of nitrogens with one attached hydrogen (secondary N) is 1. The Balaban J connectivity index is 1.74. The summed E-state index contributed by atoms with van der Waals surface area (Å²) in [5, 5.41) is 0.884. The monoisotopic (exact) mass is 326 g/mol. The molecule has 2 aromatic carbocycles. The molecule has 1 N–H and O–H groups in total. The molecule has 116 valence electrons. The standard InChI is InChI=1S/C17H14N2O3S/c20-23(21,14-6-7-16-13(11-14)8-10-22-16)19-15-5-1-3-12-4-2-9-18-17(12)15/h1-7,9,11,19H,8,10H2. The first-order valence-electron chi connectivity index (χ1n) is 7.26. The number of aromatic nitrogens is 1. The van der Waals surface area contributed by atoms with E-state index in [1.807, 2.05) is 18.2 Å². The van der Waals surface area contributed by atoms with Crippen molar-refractivity contribution in [3.05, 3.63) is 60.3 Å². The molecule has 5 nitrogen and oxygen atoms in total. The van der Waals surface area contributed by atoms with Gasteiger partial charge >= 0.3 is 0 Å². The lowest BCUT2D eigenvalue weighted by Gasteiger charge is -2.11. The van der Waals surface area contributed by atoms with Crippen molar-refractivity contribution in [3.63, 3.8) is 0 Å². The summed E-state index contributed by atoms with van der Waals surface area (Å²) in [5.41, 5.74) is 2.02. The van der Waals surface area contributed by atoms with Crippen LogP contribution in [-0.2, 0) is 16.4 Å². The summed E-state index contributed by atoms with van der Waals surface area (Å²) in [7, 11) is -3.67. The predicted octanol–water partition coefficient (Wildman–Crippen LogP) is 2.97. The largest absolute Gasteiger partial charge is 0.493 e. The second-order valence-corrected chi connectivity index (χ2v) is 7.04. The highest BCUT2D eigenvalue weighted by atomic mass is 32.2. The van der Waals surface area contributed by atoms with E-state index in [0.717, 1.165) is 23.1 Å². The molecule has 0 saturated carbocycles. The predicted molar refractivity (Wildman–Crippen MR) is 88.2 cm³/mol. The minimum Gasteiger partial charge on any atom is -0.493 e. The average molecular weight is 326 g/mol. The number of rotatable bonds is 3. The van der Waals surface area contributed by atoms with Gasteiger partial charge < -0.3 is 4.74 Å². The van der Waals surface area contributed by atoms with E-state index in [0.29, 0.717) is 17.8 Å². The van der Waals surface area contributed by atoms with Crippen LogP contribution in [0.25, 0.3) is 10.9 Å². The number of benzene rings is 2. The Morgan fingerprint density at radius 2 is 1.96 bits per heavy atom. The Morgan fingerprint density at radius 3 is 2.87 bits per heavy atom. The molecule has 23 heavy (non-hydrogen) atoms. The molecule has 0 saturated heterocycles. The van der Waals surface area contributed by atoms with Crippen LogP contribution in [0.15, 0.2) is 59.6 Å². The van der Waals surface area contributed by atoms with Crippen molar-refractivity contribution in [2.75, 3.05) is 11.3 Å². The van der Waals surface area contributed by atoms with Crippen LogP contribution in [-0.4, -0.2) is 20.0 Å². The second-order valence-electron chi connectivity index (χ2n) is 5.35. The van der Waals surface area contributed by atoms with Gasteiger partial charge in [0.25, 0.3) is 10.0 Å². The van der Waals surface area contributed by atoms with Crippen LogP contribution >= 0.6 is 0 Å². The number of sulfonamides is 1. The summed E-state index contributed by atoms with van der Waals surface area (Å²) < 4.78 is 33.4. The topological polar surface area (TPSA) is 68.3 Å². The number of nitrogens with zero attached hydrogens (tertiary/aromatic N) is 1. The highest BCUT2D eigenvalue weighted by Gasteiger charge is 2.20. The Bertz CT molecular complexity index is 994. The molecule has 0 bridgehead atoms. The fraction of sp³-hybridized carbons (Fsp3) is 0.118. The summed E-state index contributed by atoms with van der Waals surface area (Å²) in [6, 6.07) is 14.1. The zero-order valence-electron chi connectivity index (χ0n) is 12.2. The number of hydrogen-bond acceptors (Lipinski definition) is 4. The molecule has 0 unspecified atom stereocenters. The van der Waals surface area contributed by atoms with E-state index in [1.165, 1.54) is 0 Å². The lowest BCUT2D eigenvalue weighted by molar-refractivity contribution is 0.356. The molecule has 0 radical (unpaired) electrons. The molecule has 0 spiro atoms. The fourth-order valence-electron chi connectivity index (χ4n) is 2.72. The Labute approximate surface area is 134 Å². The van der Waals surface area contributed by atoms with Crippen LogP contribution in [0.5, 0.6) is 5.75 Å². The van der Waals surface area contributed by atoms with Crippen LogP contribution in [0.2, 0.25) is 0 Å². The number of fused-ring (bicyclic) bond motifs is 2. The van der Waals surface area contributed by atoms with Crippen molar-refractivity contribution in [2.24, 2.45) is 0 Å². The van der Waals surface area contributed by atoms with Crippen molar-refractivity contribution in [1.82, 2.24) is 4.98 Å². The summed E-state index contributed by atoms with van der Waals surface area (Å²) >= 11 is 0. The van der Waals surface area contributed by atoms with E-state index in [4.69, 9.17) is 4.74 Å². The van der Waals surface area contributed by atoms with Gasteiger partial charge in [0.05, 0.1) is 22.7 Å². The molecule has 0 atom stereocenters. The van der Waals surface area contributed by atoms with E-state index in [1.54, 1.807) is 36.5 Å². The van der Waals surface area contributed by atoms with E-state index < -0.39 is 10.0 Å². The van der Waals surface area contributed by atoms with Gasteiger partial charge in [0.1, 0.15) is 5.75 Å². The minimum atomic E-state index is -3.67. The summed E-state index contributed by atoms with van der Waals surface area (Å²) in [6.07, 6.45) is 2.38. The first kappa shape index (κ1) is 14.0. The summed E-state index contributed by atoms with van der Waals surface area (Å²) in [6.45, 7) is 0.597. The fourth-order valence-corrected chi connectivity index (χ4v) is 3.84. The highest BCUT2D eigenvalue weighted by molar-refractivity contribution is 7.92.